The zero-order valence-electron chi connectivity index (χ0n) is 15.9. The maximum absolute atomic E-state index is 13.3. The smallest absolute Gasteiger partial charge is 0.230 e. The molecule has 142 valence electrons. The fourth-order valence-electron chi connectivity index (χ4n) is 2.21. The predicted octanol–water partition coefficient (Wildman–Crippen LogP) is 2.89. The minimum atomic E-state index is -0.300. The normalized spacial score (nSPS) is 12.6. The fraction of sp³-hybridized carbons (Fsp3) is 0.500. The molecule has 2 aromatic rings. The summed E-state index contributed by atoms with van der Waals surface area (Å²) in [6, 6.07) is 6.20. The van der Waals surface area contributed by atoms with Crippen LogP contribution in [0.25, 0.3) is 5.69 Å². The number of nitrogens with one attached hydrogen (secondary N) is 1. The lowest BCUT2D eigenvalue weighted by Gasteiger charge is -2.20. The fourth-order valence-corrected chi connectivity index (χ4v) is 3.00. The molecule has 1 atom stereocenters. The second-order valence-electron chi connectivity index (χ2n) is 6.78. The van der Waals surface area contributed by atoms with Crippen LogP contribution in [0.3, 0.4) is 0 Å². The molecule has 0 fully saturated rings. The largest absolute Gasteiger partial charge is 0.355 e. The van der Waals surface area contributed by atoms with Gasteiger partial charge in [-0.3, -0.25) is 14.3 Å². The summed E-state index contributed by atoms with van der Waals surface area (Å²) in [6.07, 6.45) is 0. The highest BCUT2D eigenvalue weighted by Crippen LogP contribution is 2.26. The molecule has 1 N–H and O–H groups in total. The number of carbonyl (C=O) groups is 1. The van der Waals surface area contributed by atoms with E-state index in [1.54, 1.807) is 12.1 Å². The highest BCUT2D eigenvalue weighted by molar-refractivity contribution is 7.99. The monoisotopic (exact) mass is 379 g/mol. The Morgan fingerprint density at radius 2 is 1.88 bits per heavy atom. The van der Waals surface area contributed by atoms with E-state index in [1.165, 1.54) is 23.9 Å². The van der Waals surface area contributed by atoms with E-state index in [2.05, 4.69) is 15.5 Å². The van der Waals surface area contributed by atoms with Crippen molar-refractivity contribution in [3.8, 4) is 5.69 Å². The summed E-state index contributed by atoms with van der Waals surface area (Å²) in [4.78, 5) is 14.0. The Morgan fingerprint density at radius 3 is 2.46 bits per heavy atom. The van der Waals surface area contributed by atoms with Crippen LogP contribution < -0.4 is 5.32 Å². The first-order valence-corrected chi connectivity index (χ1v) is 9.55. The van der Waals surface area contributed by atoms with E-state index < -0.39 is 0 Å². The zero-order chi connectivity index (χ0) is 19.3. The second kappa shape index (κ2) is 9.14. The van der Waals surface area contributed by atoms with Gasteiger partial charge in [-0.15, -0.1) is 10.2 Å². The van der Waals surface area contributed by atoms with Crippen molar-refractivity contribution in [2.24, 2.45) is 5.92 Å². The quantitative estimate of drug-likeness (QED) is 0.715. The summed E-state index contributed by atoms with van der Waals surface area (Å²) >= 11 is 1.32. The molecule has 0 aliphatic heterocycles. The van der Waals surface area contributed by atoms with Crippen LogP contribution in [0.5, 0.6) is 0 Å². The lowest BCUT2D eigenvalue weighted by molar-refractivity contribution is -0.118. The Hall–Kier alpha value is -1.93. The van der Waals surface area contributed by atoms with Gasteiger partial charge in [0.15, 0.2) is 11.0 Å². The topological polar surface area (TPSA) is 63.1 Å². The Kier molecular flexibility index (Phi) is 7.16. The van der Waals surface area contributed by atoms with Crippen LogP contribution in [0.15, 0.2) is 29.4 Å². The van der Waals surface area contributed by atoms with E-state index in [9.17, 15) is 9.18 Å². The number of halogens is 1. The number of aromatic nitrogens is 3. The standard InChI is InChI=1S/C18H26FN5OS/c1-12(2)10-20-16(25)11-26-18-22-21-17(13(3)23(4)5)24(18)15-8-6-14(19)7-9-15/h6-9,12-13H,10-11H2,1-5H3,(H,20,25)/t13-/m1/s1. The predicted molar refractivity (Wildman–Crippen MR) is 102 cm³/mol. The number of nitrogens with zero attached hydrogens (tertiary/aromatic N) is 4. The van der Waals surface area contributed by atoms with Crippen LogP contribution in [0, 0.1) is 11.7 Å². The molecular weight excluding hydrogens is 353 g/mol. The Labute approximate surface area is 158 Å². The minimum Gasteiger partial charge on any atom is -0.355 e. The number of hydrogen-bond donors (Lipinski definition) is 1. The Morgan fingerprint density at radius 1 is 1.23 bits per heavy atom. The molecule has 1 amide bonds. The third kappa shape index (κ3) is 5.28. The minimum absolute atomic E-state index is 0.0108. The van der Waals surface area contributed by atoms with Crippen LogP contribution in [0.1, 0.15) is 32.6 Å². The van der Waals surface area contributed by atoms with Crippen molar-refractivity contribution in [2.45, 2.75) is 32.0 Å². The van der Waals surface area contributed by atoms with Gasteiger partial charge in [0.1, 0.15) is 5.82 Å². The molecule has 0 unspecified atom stereocenters. The highest BCUT2D eigenvalue weighted by Gasteiger charge is 2.21. The van der Waals surface area contributed by atoms with E-state index in [4.69, 9.17) is 0 Å². The van der Waals surface area contributed by atoms with Crippen molar-refractivity contribution < 1.29 is 9.18 Å². The van der Waals surface area contributed by atoms with Gasteiger partial charge in [0, 0.05) is 12.2 Å². The van der Waals surface area contributed by atoms with Crippen molar-refractivity contribution in [3.05, 3.63) is 35.9 Å². The maximum Gasteiger partial charge on any atom is 0.230 e. The summed E-state index contributed by atoms with van der Waals surface area (Å²) in [5, 5.41) is 12.1. The van der Waals surface area contributed by atoms with Crippen LogP contribution in [0.4, 0.5) is 4.39 Å². The second-order valence-corrected chi connectivity index (χ2v) is 7.72. The molecule has 0 bridgehead atoms. The summed E-state index contributed by atoms with van der Waals surface area (Å²) in [6.45, 7) is 6.77. The number of hydrogen-bond acceptors (Lipinski definition) is 5. The average molecular weight is 380 g/mol. The van der Waals surface area contributed by atoms with Crippen LogP contribution >= 0.6 is 11.8 Å². The first-order valence-electron chi connectivity index (χ1n) is 8.56. The number of benzene rings is 1. The lowest BCUT2D eigenvalue weighted by atomic mass is 10.2. The zero-order valence-corrected chi connectivity index (χ0v) is 16.7. The third-order valence-corrected chi connectivity index (χ3v) is 4.86. The number of thioether (sulfide) groups is 1. The SMILES string of the molecule is CC(C)CNC(=O)CSc1nnc([C@@H](C)N(C)C)n1-c1ccc(F)cc1. The molecule has 1 heterocycles. The first-order chi connectivity index (χ1) is 12.3. The molecule has 8 heteroatoms. The molecule has 6 nitrogen and oxygen atoms in total. The van der Waals surface area contributed by atoms with Crippen molar-refractivity contribution in [1.82, 2.24) is 25.0 Å². The molecule has 2 rings (SSSR count). The Bertz CT molecular complexity index is 730. The van der Waals surface area contributed by atoms with Gasteiger partial charge in [-0.2, -0.15) is 0 Å². The third-order valence-electron chi connectivity index (χ3n) is 3.93. The molecule has 0 aliphatic rings. The summed E-state index contributed by atoms with van der Waals surface area (Å²) in [5.41, 5.74) is 0.769. The summed E-state index contributed by atoms with van der Waals surface area (Å²) in [5.74, 6) is 1.06. The van der Waals surface area contributed by atoms with Gasteiger partial charge < -0.3 is 5.32 Å². The lowest BCUT2D eigenvalue weighted by Crippen LogP contribution is -2.28. The van der Waals surface area contributed by atoms with E-state index in [1.807, 2.05) is 44.3 Å². The van der Waals surface area contributed by atoms with E-state index in [0.29, 0.717) is 17.6 Å². The number of rotatable bonds is 8. The van der Waals surface area contributed by atoms with E-state index in [0.717, 1.165) is 11.5 Å². The highest BCUT2D eigenvalue weighted by atomic mass is 32.2. The van der Waals surface area contributed by atoms with Crippen LogP contribution in [-0.2, 0) is 4.79 Å². The molecule has 26 heavy (non-hydrogen) atoms. The molecular formula is C18H26FN5OS. The van der Waals surface area contributed by atoms with Gasteiger partial charge in [0.05, 0.1) is 11.8 Å². The molecule has 0 saturated heterocycles. The van der Waals surface area contributed by atoms with E-state index >= 15 is 0 Å². The van der Waals surface area contributed by atoms with Gasteiger partial charge >= 0.3 is 0 Å². The summed E-state index contributed by atoms with van der Waals surface area (Å²) < 4.78 is 15.2. The molecule has 0 radical (unpaired) electrons. The Balaban J connectivity index is 2.25. The van der Waals surface area contributed by atoms with Gasteiger partial charge in [-0.25, -0.2) is 4.39 Å². The van der Waals surface area contributed by atoms with Gasteiger partial charge in [0.2, 0.25) is 5.91 Å². The number of carbonyl (C=O) groups excluding carboxylic acids is 1. The molecule has 1 aromatic carbocycles. The van der Waals surface area contributed by atoms with Crippen LogP contribution in [-0.4, -0.2) is 52.0 Å². The van der Waals surface area contributed by atoms with Crippen molar-refractivity contribution in [3.63, 3.8) is 0 Å². The van der Waals surface area contributed by atoms with Gasteiger partial charge in [-0.1, -0.05) is 25.6 Å². The van der Waals surface area contributed by atoms with Gasteiger partial charge in [-0.05, 0) is 51.2 Å². The average Bonchev–Trinajstić information content (AvgIpc) is 3.01. The maximum atomic E-state index is 13.3. The molecule has 1 aromatic heterocycles. The number of amides is 1. The van der Waals surface area contributed by atoms with E-state index in [-0.39, 0.29) is 23.5 Å². The van der Waals surface area contributed by atoms with Crippen LogP contribution in [0.2, 0.25) is 0 Å². The van der Waals surface area contributed by atoms with Crippen molar-refractivity contribution >= 4 is 17.7 Å². The summed E-state index contributed by atoms with van der Waals surface area (Å²) in [7, 11) is 3.92. The van der Waals surface area contributed by atoms with Crippen molar-refractivity contribution in [1.29, 1.82) is 0 Å². The molecule has 0 aliphatic carbocycles. The molecule has 0 spiro atoms. The molecule has 0 saturated carbocycles. The van der Waals surface area contributed by atoms with Gasteiger partial charge in [0.25, 0.3) is 0 Å². The van der Waals surface area contributed by atoms with Crippen molar-refractivity contribution in [2.75, 3.05) is 26.4 Å². The first kappa shape index (κ1) is 20.4.